The van der Waals surface area contributed by atoms with Crippen molar-refractivity contribution in [1.82, 2.24) is 4.90 Å². The molecule has 1 aliphatic rings. The zero-order valence-electron chi connectivity index (χ0n) is 11.9. The van der Waals surface area contributed by atoms with Crippen molar-refractivity contribution in [2.45, 2.75) is 39.2 Å². The van der Waals surface area contributed by atoms with Crippen LogP contribution in [0.1, 0.15) is 33.6 Å². The maximum absolute atomic E-state index is 11.9. The second kappa shape index (κ2) is 7.76. The topological polar surface area (TPSA) is 93.9 Å². The van der Waals surface area contributed by atoms with Crippen molar-refractivity contribution >= 4 is 36.0 Å². The van der Waals surface area contributed by atoms with Gasteiger partial charge in [-0.3, -0.25) is 4.99 Å². The minimum absolute atomic E-state index is 0. The van der Waals surface area contributed by atoms with Gasteiger partial charge in [0.2, 0.25) is 0 Å². The van der Waals surface area contributed by atoms with Crippen molar-refractivity contribution in [2.75, 3.05) is 19.6 Å². The highest BCUT2D eigenvalue weighted by Crippen LogP contribution is 2.19. The number of piperidine rings is 1. The minimum Gasteiger partial charge on any atom is -0.444 e. The predicted octanol–water partition coefficient (Wildman–Crippen LogP) is 1.52. The zero-order chi connectivity index (χ0) is 13.8. The fourth-order valence-electron chi connectivity index (χ4n) is 1.94. The average Bonchev–Trinajstić information content (AvgIpc) is 2.24. The number of ether oxygens (including phenoxy) is 1. The van der Waals surface area contributed by atoms with Crippen LogP contribution in [0.5, 0.6) is 0 Å². The molecule has 1 saturated heterocycles. The van der Waals surface area contributed by atoms with Crippen LogP contribution in [0, 0.1) is 5.92 Å². The van der Waals surface area contributed by atoms with E-state index in [4.69, 9.17) is 16.2 Å². The molecule has 1 rings (SSSR count). The summed E-state index contributed by atoms with van der Waals surface area (Å²) in [6.45, 7) is 7.57. The van der Waals surface area contributed by atoms with Crippen LogP contribution in [0.25, 0.3) is 0 Å². The molecule has 0 aromatic heterocycles. The Kier molecular flexibility index (Phi) is 7.46. The molecule has 0 aliphatic carbocycles. The first kappa shape index (κ1) is 18.3. The number of nitrogens with zero attached hydrogens (tertiary/aromatic N) is 2. The Labute approximate surface area is 132 Å². The van der Waals surface area contributed by atoms with E-state index >= 15 is 0 Å². The number of likely N-dealkylation sites (tertiary alicyclic amines) is 1. The molecule has 1 amide bonds. The smallest absolute Gasteiger partial charge is 0.410 e. The summed E-state index contributed by atoms with van der Waals surface area (Å²) in [6, 6.07) is 0. The highest BCUT2D eigenvalue weighted by atomic mass is 127. The monoisotopic (exact) mass is 384 g/mol. The number of aliphatic imine (C=N–C) groups is 1. The van der Waals surface area contributed by atoms with Crippen LogP contribution in [-0.4, -0.2) is 42.2 Å². The lowest BCUT2D eigenvalue weighted by Crippen LogP contribution is -2.43. The van der Waals surface area contributed by atoms with Crippen LogP contribution in [0.3, 0.4) is 0 Å². The molecule has 1 heterocycles. The lowest BCUT2D eigenvalue weighted by molar-refractivity contribution is 0.0171. The maximum Gasteiger partial charge on any atom is 0.410 e. The number of carbonyl (C=O) groups excluding carboxylic acids is 1. The minimum atomic E-state index is -0.454. The van der Waals surface area contributed by atoms with E-state index in [0.29, 0.717) is 19.0 Å². The summed E-state index contributed by atoms with van der Waals surface area (Å²) in [6.07, 6.45) is 1.75. The van der Waals surface area contributed by atoms with Gasteiger partial charge < -0.3 is 21.1 Å². The molecule has 4 N–H and O–H groups in total. The third-order valence-corrected chi connectivity index (χ3v) is 2.70. The fourth-order valence-corrected chi connectivity index (χ4v) is 1.94. The van der Waals surface area contributed by atoms with Crippen molar-refractivity contribution in [2.24, 2.45) is 22.4 Å². The highest BCUT2D eigenvalue weighted by molar-refractivity contribution is 14.0. The number of halogens is 1. The molecule has 0 bridgehead atoms. The van der Waals surface area contributed by atoms with Gasteiger partial charge in [-0.15, -0.1) is 24.0 Å². The van der Waals surface area contributed by atoms with Gasteiger partial charge in [-0.1, -0.05) is 0 Å². The van der Waals surface area contributed by atoms with E-state index in [-0.39, 0.29) is 36.0 Å². The van der Waals surface area contributed by atoms with Crippen LogP contribution >= 0.6 is 24.0 Å². The van der Waals surface area contributed by atoms with Crippen LogP contribution in [0.4, 0.5) is 4.79 Å². The van der Waals surface area contributed by atoms with Gasteiger partial charge in [0.15, 0.2) is 5.96 Å². The van der Waals surface area contributed by atoms with Gasteiger partial charge in [-0.25, -0.2) is 4.79 Å². The first-order valence-electron chi connectivity index (χ1n) is 6.31. The van der Waals surface area contributed by atoms with Gasteiger partial charge in [0.05, 0.1) is 0 Å². The number of hydrogen-bond acceptors (Lipinski definition) is 3. The quantitative estimate of drug-likeness (QED) is 0.429. The number of rotatable bonds is 2. The van der Waals surface area contributed by atoms with Gasteiger partial charge in [-0.05, 0) is 39.5 Å². The second-order valence-electron chi connectivity index (χ2n) is 5.70. The summed E-state index contributed by atoms with van der Waals surface area (Å²) in [5.74, 6) is 0.415. The van der Waals surface area contributed by atoms with Gasteiger partial charge in [0.1, 0.15) is 5.60 Å². The van der Waals surface area contributed by atoms with Crippen LogP contribution in [0.2, 0.25) is 0 Å². The van der Waals surface area contributed by atoms with Gasteiger partial charge in [0, 0.05) is 19.6 Å². The first-order valence-corrected chi connectivity index (χ1v) is 6.31. The fraction of sp³-hybridized carbons (Fsp3) is 0.833. The molecule has 112 valence electrons. The number of carbonyl (C=O) groups is 1. The van der Waals surface area contributed by atoms with E-state index in [1.54, 1.807) is 4.90 Å². The Morgan fingerprint density at radius 2 is 2.05 bits per heavy atom. The largest absolute Gasteiger partial charge is 0.444 e. The summed E-state index contributed by atoms with van der Waals surface area (Å²) < 4.78 is 5.35. The molecular weight excluding hydrogens is 359 g/mol. The molecule has 6 nitrogen and oxygen atoms in total. The Balaban J connectivity index is 0.00000324. The van der Waals surface area contributed by atoms with Crippen molar-refractivity contribution in [3.63, 3.8) is 0 Å². The van der Waals surface area contributed by atoms with E-state index in [2.05, 4.69) is 4.99 Å². The lowest BCUT2D eigenvalue weighted by atomic mass is 9.98. The average molecular weight is 384 g/mol. The van der Waals surface area contributed by atoms with Gasteiger partial charge in [0.25, 0.3) is 0 Å². The molecule has 0 aromatic carbocycles. The number of guanidine groups is 1. The van der Waals surface area contributed by atoms with Crippen LogP contribution in [-0.2, 0) is 4.74 Å². The van der Waals surface area contributed by atoms with E-state index in [9.17, 15) is 4.79 Å². The maximum atomic E-state index is 11.9. The molecule has 1 fully saturated rings. The molecule has 1 unspecified atom stereocenters. The number of hydrogen-bond donors (Lipinski definition) is 2. The number of nitrogens with two attached hydrogens (primary N) is 2. The molecule has 0 radical (unpaired) electrons. The van der Waals surface area contributed by atoms with Crippen LogP contribution < -0.4 is 11.5 Å². The molecule has 0 saturated carbocycles. The molecule has 19 heavy (non-hydrogen) atoms. The summed E-state index contributed by atoms with van der Waals surface area (Å²) in [5.41, 5.74) is 10.2. The Morgan fingerprint density at radius 1 is 1.42 bits per heavy atom. The second-order valence-corrected chi connectivity index (χ2v) is 5.70. The zero-order valence-corrected chi connectivity index (χ0v) is 14.2. The van der Waals surface area contributed by atoms with Gasteiger partial charge >= 0.3 is 6.09 Å². The Hall–Kier alpha value is -0.730. The first-order chi connectivity index (χ1) is 8.28. The van der Waals surface area contributed by atoms with E-state index < -0.39 is 5.60 Å². The Morgan fingerprint density at radius 3 is 2.58 bits per heavy atom. The summed E-state index contributed by atoms with van der Waals surface area (Å²) >= 11 is 0. The normalized spacial score (nSPS) is 19.3. The summed E-state index contributed by atoms with van der Waals surface area (Å²) in [4.78, 5) is 17.7. The van der Waals surface area contributed by atoms with Crippen molar-refractivity contribution in [3.05, 3.63) is 0 Å². The molecule has 1 aliphatic heterocycles. The van der Waals surface area contributed by atoms with Crippen LogP contribution in [0.15, 0.2) is 4.99 Å². The van der Waals surface area contributed by atoms with Crippen molar-refractivity contribution < 1.29 is 9.53 Å². The van der Waals surface area contributed by atoms with Gasteiger partial charge in [-0.2, -0.15) is 0 Å². The Bertz CT molecular complexity index is 324. The molecular formula is C12H25IN4O2. The molecule has 1 atom stereocenters. The third-order valence-electron chi connectivity index (χ3n) is 2.70. The van der Waals surface area contributed by atoms with Crippen molar-refractivity contribution in [1.29, 1.82) is 0 Å². The molecule has 0 spiro atoms. The highest BCUT2D eigenvalue weighted by Gasteiger charge is 2.27. The van der Waals surface area contributed by atoms with Crippen molar-refractivity contribution in [3.8, 4) is 0 Å². The van der Waals surface area contributed by atoms with E-state index in [1.807, 2.05) is 20.8 Å². The summed E-state index contributed by atoms with van der Waals surface area (Å²) in [7, 11) is 0. The third kappa shape index (κ3) is 7.44. The van der Waals surface area contributed by atoms with E-state index in [1.165, 1.54) is 0 Å². The molecule has 7 heteroatoms. The standard InChI is InChI=1S/C12H24N4O2.HI/c1-12(2,3)18-11(17)16-6-4-5-9(8-16)7-15-10(13)14;/h9H,4-8H2,1-3H3,(H4,13,14,15);1H. The predicted molar refractivity (Wildman–Crippen MR) is 86.6 cm³/mol. The summed E-state index contributed by atoms with van der Waals surface area (Å²) in [5, 5.41) is 0. The SMILES string of the molecule is CC(C)(C)OC(=O)N1CCCC(CN=C(N)N)C1.I. The van der Waals surface area contributed by atoms with E-state index in [0.717, 1.165) is 19.4 Å². The number of amides is 1. The lowest BCUT2D eigenvalue weighted by Gasteiger charge is -2.33. The molecule has 0 aromatic rings.